The van der Waals surface area contributed by atoms with Gasteiger partial charge < -0.3 is 9.47 Å². The molecule has 0 saturated heterocycles. The molecule has 0 atom stereocenters. The average molecular weight is 499 g/mol. The van der Waals surface area contributed by atoms with Gasteiger partial charge in [0.2, 0.25) is 5.13 Å². The highest BCUT2D eigenvalue weighted by Gasteiger charge is 2.10. The first-order valence-corrected chi connectivity index (χ1v) is 11.2. The van der Waals surface area contributed by atoms with Crippen LogP contribution in [0, 0.1) is 0 Å². The summed E-state index contributed by atoms with van der Waals surface area (Å²) in [6, 6.07) is 10.5. The lowest BCUT2D eigenvalue weighted by atomic mass is 10.2. The maximum atomic E-state index is 11.5. The number of halogens is 3. The number of carbonyl (C=O) groups excluding carboxylic acids is 1. The van der Waals surface area contributed by atoms with Gasteiger partial charge in [-0.05, 0) is 37.3 Å². The second kappa shape index (κ2) is 11.3. The molecule has 6 nitrogen and oxygen atoms in total. The molecule has 0 aliphatic heterocycles. The summed E-state index contributed by atoms with van der Waals surface area (Å²) in [5.74, 6) is 0.246. The van der Waals surface area contributed by atoms with Crippen molar-refractivity contribution in [3.05, 3.63) is 73.7 Å². The number of nitrogens with zero attached hydrogens (tertiary/aromatic N) is 2. The average Bonchev–Trinajstić information content (AvgIpc) is 3.16. The molecule has 0 aliphatic rings. The first-order chi connectivity index (χ1) is 15.0. The zero-order chi connectivity index (χ0) is 22.2. The van der Waals surface area contributed by atoms with Crippen LogP contribution in [0.1, 0.15) is 23.7 Å². The quantitative estimate of drug-likeness (QED) is 0.215. The van der Waals surface area contributed by atoms with E-state index in [1.165, 1.54) is 11.3 Å². The van der Waals surface area contributed by atoms with Gasteiger partial charge in [0.25, 0.3) is 0 Å². The van der Waals surface area contributed by atoms with Crippen molar-refractivity contribution >= 4 is 63.5 Å². The number of carbonyl (C=O) groups is 1. The molecule has 10 heteroatoms. The molecule has 31 heavy (non-hydrogen) atoms. The number of anilines is 1. The van der Waals surface area contributed by atoms with Crippen LogP contribution in [0.15, 0.2) is 46.9 Å². The maximum absolute atomic E-state index is 11.5. The summed E-state index contributed by atoms with van der Waals surface area (Å²) in [6.07, 6.45) is 1.69. The number of aromatic nitrogens is 1. The third-order valence-corrected chi connectivity index (χ3v) is 5.69. The largest absolute Gasteiger partial charge is 0.488 e. The fraction of sp³-hybridized carbons (Fsp3) is 0.190. The van der Waals surface area contributed by atoms with E-state index in [0.29, 0.717) is 49.4 Å². The van der Waals surface area contributed by atoms with Gasteiger partial charge in [0.05, 0.1) is 24.9 Å². The van der Waals surface area contributed by atoms with Crippen molar-refractivity contribution in [3.8, 4) is 5.75 Å². The van der Waals surface area contributed by atoms with Crippen molar-refractivity contribution in [1.29, 1.82) is 0 Å². The molecule has 0 unspecified atom stereocenters. The Labute approximate surface area is 198 Å². The molecule has 0 radical (unpaired) electrons. The predicted molar refractivity (Wildman–Crippen MR) is 126 cm³/mol. The molecule has 1 heterocycles. The number of ether oxygens (including phenoxy) is 2. The molecule has 2 aromatic carbocycles. The summed E-state index contributed by atoms with van der Waals surface area (Å²) in [5.41, 5.74) is 4.81. The van der Waals surface area contributed by atoms with Crippen LogP contribution in [-0.2, 0) is 22.6 Å². The molecular weight excluding hydrogens is 481 g/mol. The van der Waals surface area contributed by atoms with Crippen LogP contribution in [0.25, 0.3) is 0 Å². The van der Waals surface area contributed by atoms with E-state index in [0.717, 1.165) is 0 Å². The molecule has 0 fully saturated rings. The summed E-state index contributed by atoms with van der Waals surface area (Å²) >= 11 is 19.9. The van der Waals surface area contributed by atoms with E-state index in [2.05, 4.69) is 15.5 Å². The normalized spacial score (nSPS) is 11.0. The van der Waals surface area contributed by atoms with Crippen LogP contribution >= 0.6 is 46.1 Å². The zero-order valence-corrected chi connectivity index (χ0v) is 19.5. The fourth-order valence-electron chi connectivity index (χ4n) is 2.53. The number of thiazole rings is 1. The molecule has 0 saturated carbocycles. The Morgan fingerprint density at radius 3 is 2.74 bits per heavy atom. The molecule has 162 valence electrons. The first kappa shape index (κ1) is 23.3. The van der Waals surface area contributed by atoms with E-state index in [9.17, 15) is 4.79 Å². The van der Waals surface area contributed by atoms with E-state index in [-0.39, 0.29) is 19.0 Å². The van der Waals surface area contributed by atoms with Crippen LogP contribution in [0.5, 0.6) is 5.75 Å². The second-order valence-corrected chi connectivity index (χ2v) is 8.28. The van der Waals surface area contributed by atoms with Crippen LogP contribution in [-0.4, -0.2) is 23.8 Å². The summed E-state index contributed by atoms with van der Waals surface area (Å²) < 4.78 is 10.8. The number of benzene rings is 2. The minimum Gasteiger partial charge on any atom is -0.488 e. The smallest absolute Gasteiger partial charge is 0.311 e. The van der Waals surface area contributed by atoms with E-state index in [4.69, 9.17) is 44.3 Å². The van der Waals surface area contributed by atoms with E-state index < -0.39 is 0 Å². The number of hydrogen-bond acceptors (Lipinski definition) is 7. The summed E-state index contributed by atoms with van der Waals surface area (Å²) in [6.45, 7) is 2.29. The van der Waals surface area contributed by atoms with Crippen LogP contribution in [0.4, 0.5) is 5.13 Å². The third kappa shape index (κ3) is 6.83. The van der Waals surface area contributed by atoms with Gasteiger partial charge >= 0.3 is 5.97 Å². The van der Waals surface area contributed by atoms with Crippen LogP contribution < -0.4 is 10.2 Å². The Hall–Kier alpha value is -2.32. The van der Waals surface area contributed by atoms with Crippen molar-refractivity contribution in [1.82, 2.24) is 4.98 Å². The van der Waals surface area contributed by atoms with E-state index in [1.54, 1.807) is 54.9 Å². The Kier molecular flexibility index (Phi) is 8.54. The minimum absolute atomic E-state index is 0.118. The summed E-state index contributed by atoms with van der Waals surface area (Å²) in [4.78, 5) is 15.9. The lowest BCUT2D eigenvalue weighted by Gasteiger charge is -2.11. The monoisotopic (exact) mass is 497 g/mol. The Balaban J connectivity index is 1.66. The first-order valence-electron chi connectivity index (χ1n) is 9.20. The second-order valence-electron chi connectivity index (χ2n) is 6.17. The number of hydrogen-bond donors (Lipinski definition) is 1. The van der Waals surface area contributed by atoms with E-state index >= 15 is 0 Å². The van der Waals surface area contributed by atoms with Crippen molar-refractivity contribution in [3.63, 3.8) is 0 Å². The van der Waals surface area contributed by atoms with Gasteiger partial charge in [-0.25, -0.2) is 4.98 Å². The third-order valence-electron chi connectivity index (χ3n) is 3.95. The highest BCUT2D eigenvalue weighted by atomic mass is 35.5. The van der Waals surface area contributed by atoms with Gasteiger partial charge in [0, 0.05) is 31.6 Å². The number of esters is 1. The molecule has 3 rings (SSSR count). The molecule has 3 aromatic rings. The van der Waals surface area contributed by atoms with Gasteiger partial charge in [-0.2, -0.15) is 5.10 Å². The molecular formula is C21H18Cl3N3O3S. The Morgan fingerprint density at radius 2 is 2.00 bits per heavy atom. The highest BCUT2D eigenvalue weighted by molar-refractivity contribution is 7.13. The molecule has 0 aliphatic carbocycles. The van der Waals surface area contributed by atoms with Crippen molar-refractivity contribution < 1.29 is 14.3 Å². The Morgan fingerprint density at radius 1 is 1.23 bits per heavy atom. The maximum Gasteiger partial charge on any atom is 0.311 e. The zero-order valence-electron chi connectivity index (χ0n) is 16.4. The van der Waals surface area contributed by atoms with Crippen LogP contribution in [0.3, 0.4) is 0 Å². The lowest BCUT2D eigenvalue weighted by molar-refractivity contribution is -0.142. The topological polar surface area (TPSA) is 72.8 Å². The van der Waals surface area contributed by atoms with Crippen molar-refractivity contribution in [2.45, 2.75) is 20.0 Å². The van der Waals surface area contributed by atoms with Gasteiger partial charge in [-0.1, -0.05) is 40.9 Å². The standard InChI is InChI=1S/C21H18Cl3N3O3S/c1-2-29-20(28)9-15-12-31-21(26-15)27-25-10-13-8-14(22)6-7-19(13)30-11-16-17(23)4-3-5-18(16)24/h3-8,10,12H,2,9,11H2,1H3,(H,26,27). The van der Waals surface area contributed by atoms with Crippen molar-refractivity contribution in [2.75, 3.05) is 12.0 Å². The number of nitrogens with one attached hydrogen (secondary N) is 1. The molecule has 0 bridgehead atoms. The number of rotatable bonds is 9. The lowest BCUT2D eigenvalue weighted by Crippen LogP contribution is -2.07. The molecule has 0 spiro atoms. The molecule has 0 amide bonds. The van der Waals surface area contributed by atoms with Crippen LogP contribution in [0.2, 0.25) is 15.1 Å². The van der Waals surface area contributed by atoms with Gasteiger partial charge in [-0.3, -0.25) is 10.2 Å². The molecule has 1 N–H and O–H groups in total. The van der Waals surface area contributed by atoms with Gasteiger partial charge in [0.15, 0.2) is 0 Å². The van der Waals surface area contributed by atoms with E-state index in [1.807, 2.05) is 0 Å². The fourth-order valence-corrected chi connectivity index (χ4v) is 3.87. The Bertz CT molecular complexity index is 1070. The minimum atomic E-state index is -0.317. The predicted octanol–water partition coefficient (Wildman–Crippen LogP) is 6.23. The molecule has 1 aromatic heterocycles. The summed E-state index contributed by atoms with van der Waals surface area (Å²) in [7, 11) is 0. The van der Waals surface area contributed by atoms with Gasteiger partial charge in [-0.15, -0.1) is 11.3 Å². The van der Waals surface area contributed by atoms with Gasteiger partial charge in [0.1, 0.15) is 12.4 Å². The number of hydrazone groups is 1. The summed E-state index contributed by atoms with van der Waals surface area (Å²) in [5, 5.41) is 8.11. The highest BCUT2D eigenvalue weighted by Crippen LogP contribution is 2.28. The SMILES string of the molecule is CCOC(=O)Cc1csc(NN=Cc2cc(Cl)ccc2OCc2c(Cl)cccc2Cl)n1. The van der Waals surface area contributed by atoms with Crippen molar-refractivity contribution in [2.24, 2.45) is 5.10 Å².